The van der Waals surface area contributed by atoms with Gasteiger partial charge in [0.2, 0.25) is 0 Å². The van der Waals surface area contributed by atoms with Crippen molar-refractivity contribution in [2.24, 2.45) is 5.73 Å². The standard InChI is InChI=1S/C16H23ClN2O3.ClH/c1-19(16(20)15-7-6-14(11-18)22-15)8-3-9-21-13-5-2-4-12(17)10-13;/h2,4-5,10,14-15H,3,6-9,11,18H2,1H3;1H/t14-,15+;/m1./s1. The molecule has 0 radical (unpaired) electrons. The Morgan fingerprint density at radius 1 is 1.48 bits per heavy atom. The number of nitrogens with two attached hydrogens (primary N) is 1. The molecule has 1 aromatic carbocycles. The maximum Gasteiger partial charge on any atom is 0.251 e. The number of halogens is 2. The van der Waals surface area contributed by atoms with Gasteiger partial charge in [0.25, 0.3) is 5.91 Å². The van der Waals surface area contributed by atoms with E-state index in [0.29, 0.717) is 24.7 Å². The van der Waals surface area contributed by atoms with Gasteiger partial charge in [-0.15, -0.1) is 12.4 Å². The molecular weight excluding hydrogens is 339 g/mol. The summed E-state index contributed by atoms with van der Waals surface area (Å²) in [6.07, 6.45) is 2.05. The van der Waals surface area contributed by atoms with E-state index in [-0.39, 0.29) is 30.5 Å². The highest BCUT2D eigenvalue weighted by molar-refractivity contribution is 6.30. The van der Waals surface area contributed by atoms with E-state index in [1.165, 1.54) is 0 Å². The number of benzene rings is 1. The topological polar surface area (TPSA) is 64.8 Å². The van der Waals surface area contributed by atoms with E-state index in [2.05, 4.69) is 0 Å². The van der Waals surface area contributed by atoms with Gasteiger partial charge in [0.05, 0.1) is 12.7 Å². The summed E-state index contributed by atoms with van der Waals surface area (Å²) >= 11 is 5.89. The number of rotatable bonds is 7. The Morgan fingerprint density at radius 2 is 2.26 bits per heavy atom. The van der Waals surface area contributed by atoms with Crippen LogP contribution in [0.3, 0.4) is 0 Å². The lowest BCUT2D eigenvalue weighted by atomic mass is 10.2. The lowest BCUT2D eigenvalue weighted by Gasteiger charge is -2.21. The van der Waals surface area contributed by atoms with Crippen LogP contribution in [0.2, 0.25) is 5.02 Å². The third-order valence-corrected chi connectivity index (χ3v) is 3.96. The molecule has 1 heterocycles. The number of hydrogen-bond donors (Lipinski definition) is 1. The number of amides is 1. The van der Waals surface area contributed by atoms with Gasteiger partial charge in [-0.25, -0.2) is 0 Å². The Hall–Kier alpha value is -1.01. The van der Waals surface area contributed by atoms with Gasteiger partial charge in [0, 0.05) is 25.2 Å². The summed E-state index contributed by atoms with van der Waals surface area (Å²) in [6, 6.07) is 7.28. The first-order valence-corrected chi connectivity index (χ1v) is 7.97. The Kier molecular flexibility index (Phi) is 8.69. The molecule has 130 valence electrons. The molecule has 7 heteroatoms. The van der Waals surface area contributed by atoms with E-state index in [4.69, 9.17) is 26.8 Å². The second-order valence-electron chi connectivity index (χ2n) is 5.48. The molecule has 0 saturated carbocycles. The quantitative estimate of drug-likeness (QED) is 0.756. The first kappa shape index (κ1) is 20.0. The van der Waals surface area contributed by atoms with Crippen molar-refractivity contribution in [2.75, 3.05) is 26.7 Å². The molecular formula is C16H24Cl2N2O3. The highest BCUT2D eigenvalue weighted by Crippen LogP contribution is 2.20. The molecule has 2 atom stereocenters. The number of ether oxygens (including phenoxy) is 2. The molecule has 23 heavy (non-hydrogen) atoms. The Morgan fingerprint density at radius 3 is 2.91 bits per heavy atom. The summed E-state index contributed by atoms with van der Waals surface area (Å²) in [5.41, 5.74) is 5.56. The minimum atomic E-state index is -0.340. The molecule has 1 aromatic rings. The van der Waals surface area contributed by atoms with Crippen LogP contribution >= 0.6 is 24.0 Å². The zero-order valence-corrected chi connectivity index (χ0v) is 14.8. The lowest BCUT2D eigenvalue weighted by Crippen LogP contribution is -2.38. The minimum Gasteiger partial charge on any atom is -0.493 e. The van der Waals surface area contributed by atoms with Crippen LogP contribution in [0.5, 0.6) is 5.75 Å². The Balaban J connectivity index is 0.00000264. The molecule has 0 aliphatic carbocycles. The number of likely N-dealkylation sites (N-methyl/N-ethyl adjacent to an activating group) is 1. The van der Waals surface area contributed by atoms with Crippen LogP contribution in [-0.4, -0.2) is 49.8 Å². The SMILES string of the molecule is CN(CCCOc1cccc(Cl)c1)C(=O)[C@@H]1CC[C@H](CN)O1.Cl. The van der Waals surface area contributed by atoms with E-state index in [0.717, 1.165) is 25.0 Å². The van der Waals surface area contributed by atoms with Crippen molar-refractivity contribution in [2.45, 2.75) is 31.5 Å². The predicted octanol–water partition coefficient (Wildman–Crippen LogP) is 2.50. The third kappa shape index (κ3) is 6.18. The number of hydrogen-bond acceptors (Lipinski definition) is 4. The van der Waals surface area contributed by atoms with Crippen LogP contribution in [-0.2, 0) is 9.53 Å². The van der Waals surface area contributed by atoms with Gasteiger partial charge in [0.15, 0.2) is 0 Å². The van der Waals surface area contributed by atoms with Crippen molar-refractivity contribution >= 4 is 29.9 Å². The average molecular weight is 363 g/mol. The van der Waals surface area contributed by atoms with Gasteiger partial charge >= 0.3 is 0 Å². The Labute approximate surface area is 148 Å². The molecule has 0 spiro atoms. The fraction of sp³-hybridized carbons (Fsp3) is 0.562. The third-order valence-electron chi connectivity index (χ3n) is 3.72. The van der Waals surface area contributed by atoms with Gasteiger partial charge < -0.3 is 20.1 Å². The largest absolute Gasteiger partial charge is 0.493 e. The van der Waals surface area contributed by atoms with Crippen LogP contribution in [0.15, 0.2) is 24.3 Å². The summed E-state index contributed by atoms with van der Waals surface area (Å²) < 4.78 is 11.2. The molecule has 1 aliphatic rings. The zero-order chi connectivity index (χ0) is 15.9. The van der Waals surface area contributed by atoms with Crippen molar-refractivity contribution in [3.05, 3.63) is 29.3 Å². The summed E-state index contributed by atoms with van der Waals surface area (Å²) in [5.74, 6) is 0.769. The van der Waals surface area contributed by atoms with E-state index in [9.17, 15) is 4.79 Å². The molecule has 1 fully saturated rings. The monoisotopic (exact) mass is 362 g/mol. The van der Waals surface area contributed by atoms with E-state index < -0.39 is 0 Å². The predicted molar refractivity (Wildman–Crippen MR) is 93.4 cm³/mol. The maximum atomic E-state index is 12.2. The Bertz CT molecular complexity index is 502. The van der Waals surface area contributed by atoms with E-state index >= 15 is 0 Å². The van der Waals surface area contributed by atoms with Crippen LogP contribution in [0.25, 0.3) is 0 Å². The van der Waals surface area contributed by atoms with Crippen LogP contribution in [0, 0.1) is 0 Å². The summed E-state index contributed by atoms with van der Waals surface area (Å²) in [5, 5.41) is 0.651. The number of carbonyl (C=O) groups excluding carboxylic acids is 1. The van der Waals surface area contributed by atoms with Crippen molar-refractivity contribution < 1.29 is 14.3 Å². The van der Waals surface area contributed by atoms with Gasteiger partial charge in [-0.3, -0.25) is 4.79 Å². The molecule has 0 bridgehead atoms. The first-order valence-electron chi connectivity index (χ1n) is 7.59. The second kappa shape index (κ2) is 9.98. The fourth-order valence-electron chi connectivity index (χ4n) is 2.47. The highest BCUT2D eigenvalue weighted by Gasteiger charge is 2.31. The van der Waals surface area contributed by atoms with Crippen LogP contribution in [0.4, 0.5) is 0 Å². The van der Waals surface area contributed by atoms with Crippen LogP contribution < -0.4 is 10.5 Å². The number of carbonyl (C=O) groups is 1. The van der Waals surface area contributed by atoms with Crippen LogP contribution in [0.1, 0.15) is 19.3 Å². The minimum absolute atomic E-state index is 0. The van der Waals surface area contributed by atoms with Crippen molar-refractivity contribution in [1.29, 1.82) is 0 Å². The molecule has 2 N–H and O–H groups in total. The zero-order valence-electron chi connectivity index (χ0n) is 13.2. The first-order chi connectivity index (χ1) is 10.6. The average Bonchev–Trinajstić information content (AvgIpc) is 2.99. The summed E-state index contributed by atoms with van der Waals surface area (Å²) in [6.45, 7) is 1.64. The molecule has 1 amide bonds. The summed E-state index contributed by atoms with van der Waals surface area (Å²) in [7, 11) is 1.79. The van der Waals surface area contributed by atoms with Gasteiger partial charge in [-0.1, -0.05) is 17.7 Å². The second-order valence-corrected chi connectivity index (χ2v) is 5.92. The van der Waals surface area contributed by atoms with E-state index in [1.54, 1.807) is 24.1 Å². The number of nitrogens with zero attached hydrogens (tertiary/aromatic N) is 1. The van der Waals surface area contributed by atoms with Crippen molar-refractivity contribution in [3.63, 3.8) is 0 Å². The molecule has 1 saturated heterocycles. The molecule has 0 aromatic heterocycles. The van der Waals surface area contributed by atoms with Gasteiger partial charge in [-0.2, -0.15) is 0 Å². The highest BCUT2D eigenvalue weighted by atomic mass is 35.5. The fourth-order valence-corrected chi connectivity index (χ4v) is 2.65. The van der Waals surface area contributed by atoms with Crippen molar-refractivity contribution in [3.8, 4) is 5.75 Å². The van der Waals surface area contributed by atoms with E-state index in [1.807, 2.05) is 12.1 Å². The molecule has 0 unspecified atom stereocenters. The molecule has 5 nitrogen and oxygen atoms in total. The van der Waals surface area contributed by atoms with Gasteiger partial charge in [-0.05, 0) is 37.5 Å². The lowest BCUT2D eigenvalue weighted by molar-refractivity contribution is -0.141. The smallest absolute Gasteiger partial charge is 0.251 e. The van der Waals surface area contributed by atoms with Gasteiger partial charge in [0.1, 0.15) is 11.9 Å². The summed E-state index contributed by atoms with van der Waals surface area (Å²) in [4.78, 5) is 13.9. The van der Waals surface area contributed by atoms with Crippen molar-refractivity contribution in [1.82, 2.24) is 4.90 Å². The molecule has 2 rings (SSSR count). The maximum absolute atomic E-state index is 12.2. The molecule has 1 aliphatic heterocycles. The normalized spacial score (nSPS) is 20.0.